The molecule has 2 heterocycles. The fourth-order valence-electron chi connectivity index (χ4n) is 2.77. The third kappa shape index (κ3) is 3.62. The normalized spacial score (nSPS) is 17.5. The fourth-order valence-corrected chi connectivity index (χ4v) is 2.77. The molecule has 0 aliphatic carbocycles. The fraction of sp³-hybridized carbons (Fsp3) is 0.333. The summed E-state index contributed by atoms with van der Waals surface area (Å²) in [5.74, 6) is 0.885. The molecule has 1 atom stereocenters. The molecule has 1 N–H and O–H groups in total. The van der Waals surface area contributed by atoms with E-state index in [4.69, 9.17) is 4.42 Å². The summed E-state index contributed by atoms with van der Waals surface area (Å²) in [5, 5.41) is 2.88. The molecule has 120 valence electrons. The number of nitrogens with zero attached hydrogens (tertiary/aromatic N) is 1. The van der Waals surface area contributed by atoms with Gasteiger partial charge in [-0.1, -0.05) is 37.3 Å². The maximum Gasteiger partial charge on any atom is 0.287 e. The van der Waals surface area contributed by atoms with Crippen molar-refractivity contribution in [1.29, 1.82) is 0 Å². The summed E-state index contributed by atoms with van der Waals surface area (Å²) < 4.78 is 5.44. The van der Waals surface area contributed by atoms with Crippen molar-refractivity contribution in [3.05, 3.63) is 59.5 Å². The zero-order chi connectivity index (χ0) is 16.2. The van der Waals surface area contributed by atoms with Gasteiger partial charge in [0.05, 0.1) is 6.04 Å². The average molecular weight is 312 g/mol. The first-order chi connectivity index (χ1) is 11.2. The van der Waals surface area contributed by atoms with E-state index in [1.807, 2.05) is 37.3 Å². The number of hydrogen-bond acceptors (Lipinski definition) is 3. The van der Waals surface area contributed by atoms with Crippen LogP contribution in [0, 0.1) is 0 Å². The molecule has 5 heteroatoms. The van der Waals surface area contributed by atoms with Crippen molar-refractivity contribution in [2.75, 3.05) is 6.54 Å². The first-order valence-electron chi connectivity index (χ1n) is 7.87. The predicted molar refractivity (Wildman–Crippen MR) is 85.8 cm³/mol. The molecule has 0 spiro atoms. The van der Waals surface area contributed by atoms with Gasteiger partial charge >= 0.3 is 0 Å². The molecule has 2 amide bonds. The Kier molecular flexibility index (Phi) is 4.46. The van der Waals surface area contributed by atoms with Crippen molar-refractivity contribution < 1.29 is 14.0 Å². The summed E-state index contributed by atoms with van der Waals surface area (Å²) >= 11 is 0. The van der Waals surface area contributed by atoms with Gasteiger partial charge in [0, 0.05) is 25.9 Å². The van der Waals surface area contributed by atoms with E-state index < -0.39 is 0 Å². The number of hydrogen-bond donors (Lipinski definition) is 1. The Hall–Kier alpha value is -2.56. The van der Waals surface area contributed by atoms with Gasteiger partial charge in [0.25, 0.3) is 5.91 Å². The van der Waals surface area contributed by atoms with Crippen LogP contribution in [0.15, 0.2) is 46.9 Å². The van der Waals surface area contributed by atoms with Crippen LogP contribution in [0.25, 0.3) is 0 Å². The third-order valence-electron chi connectivity index (χ3n) is 4.00. The lowest BCUT2D eigenvalue weighted by molar-refractivity contribution is -0.128. The Morgan fingerprint density at radius 1 is 1.26 bits per heavy atom. The van der Waals surface area contributed by atoms with E-state index in [2.05, 4.69) is 5.32 Å². The molecule has 1 fully saturated rings. The molecule has 5 nitrogen and oxygen atoms in total. The number of aryl methyl sites for hydroxylation is 1. The van der Waals surface area contributed by atoms with Gasteiger partial charge in [0.2, 0.25) is 5.91 Å². The maximum atomic E-state index is 12.2. The summed E-state index contributed by atoms with van der Waals surface area (Å²) in [7, 11) is 0. The molecule has 1 aliphatic heterocycles. The second kappa shape index (κ2) is 6.69. The van der Waals surface area contributed by atoms with Crippen LogP contribution in [-0.4, -0.2) is 29.3 Å². The first kappa shape index (κ1) is 15.3. The molecule has 0 saturated carbocycles. The molecule has 23 heavy (non-hydrogen) atoms. The minimum Gasteiger partial charge on any atom is -0.456 e. The van der Waals surface area contributed by atoms with Crippen LogP contribution in [0.1, 0.15) is 35.2 Å². The van der Waals surface area contributed by atoms with E-state index in [-0.39, 0.29) is 17.9 Å². The summed E-state index contributed by atoms with van der Waals surface area (Å²) in [4.78, 5) is 26.1. The van der Waals surface area contributed by atoms with Gasteiger partial charge in [-0.2, -0.15) is 0 Å². The van der Waals surface area contributed by atoms with Crippen LogP contribution >= 0.6 is 0 Å². The molecule has 0 radical (unpaired) electrons. The Labute approximate surface area is 135 Å². The topological polar surface area (TPSA) is 62.6 Å². The molecule has 0 unspecified atom stereocenters. The van der Waals surface area contributed by atoms with Crippen LogP contribution in [0.2, 0.25) is 0 Å². The maximum absolute atomic E-state index is 12.2. The van der Waals surface area contributed by atoms with Crippen molar-refractivity contribution in [1.82, 2.24) is 10.2 Å². The van der Waals surface area contributed by atoms with E-state index >= 15 is 0 Å². The van der Waals surface area contributed by atoms with Crippen molar-refractivity contribution in [3.63, 3.8) is 0 Å². The van der Waals surface area contributed by atoms with Crippen molar-refractivity contribution in [2.45, 2.75) is 32.4 Å². The monoisotopic (exact) mass is 312 g/mol. The lowest BCUT2D eigenvalue weighted by Crippen LogP contribution is -2.36. The lowest BCUT2D eigenvalue weighted by Gasteiger charge is -2.17. The van der Waals surface area contributed by atoms with Gasteiger partial charge in [0.15, 0.2) is 5.76 Å². The number of nitrogens with one attached hydrogen (secondary N) is 1. The zero-order valence-corrected chi connectivity index (χ0v) is 13.1. The molecule has 1 aromatic carbocycles. The quantitative estimate of drug-likeness (QED) is 0.922. The van der Waals surface area contributed by atoms with E-state index in [1.165, 1.54) is 0 Å². The largest absolute Gasteiger partial charge is 0.456 e. The Bertz CT molecular complexity index is 693. The van der Waals surface area contributed by atoms with Crippen LogP contribution in [0.3, 0.4) is 0 Å². The number of likely N-dealkylation sites (tertiary alicyclic amines) is 1. The Morgan fingerprint density at radius 3 is 2.74 bits per heavy atom. The van der Waals surface area contributed by atoms with Crippen molar-refractivity contribution in [3.8, 4) is 0 Å². The van der Waals surface area contributed by atoms with E-state index in [0.29, 0.717) is 25.3 Å². The number of carbonyl (C=O) groups excluding carboxylic acids is 2. The van der Waals surface area contributed by atoms with Gasteiger partial charge < -0.3 is 14.6 Å². The van der Waals surface area contributed by atoms with Crippen molar-refractivity contribution >= 4 is 11.8 Å². The highest BCUT2D eigenvalue weighted by molar-refractivity contribution is 5.92. The number of carbonyl (C=O) groups is 2. The molecule has 1 saturated heterocycles. The van der Waals surface area contributed by atoms with Crippen LogP contribution in [-0.2, 0) is 17.8 Å². The molecule has 2 aromatic rings. The van der Waals surface area contributed by atoms with Gasteiger partial charge in [-0.15, -0.1) is 0 Å². The average Bonchev–Trinajstić information content (AvgIpc) is 3.16. The van der Waals surface area contributed by atoms with Gasteiger partial charge in [-0.05, 0) is 17.7 Å². The predicted octanol–water partition coefficient (Wildman–Crippen LogP) is 2.37. The highest BCUT2D eigenvalue weighted by Crippen LogP contribution is 2.16. The minimum absolute atomic E-state index is 0.0628. The summed E-state index contributed by atoms with van der Waals surface area (Å²) in [6, 6.07) is 13.2. The molecule has 1 aromatic heterocycles. The molecule has 3 rings (SSSR count). The highest BCUT2D eigenvalue weighted by atomic mass is 16.3. The SMILES string of the molecule is CCc1ccc(C(=O)N[C@H]2CC(=O)N(Cc3ccccc3)C2)o1. The minimum atomic E-state index is -0.260. The molecule has 0 bridgehead atoms. The second-order valence-corrected chi connectivity index (χ2v) is 5.75. The second-order valence-electron chi connectivity index (χ2n) is 5.75. The summed E-state index contributed by atoms with van der Waals surface area (Å²) in [6.45, 7) is 3.07. The first-order valence-corrected chi connectivity index (χ1v) is 7.87. The Morgan fingerprint density at radius 2 is 2.04 bits per heavy atom. The van der Waals surface area contributed by atoms with E-state index in [0.717, 1.165) is 17.7 Å². The number of rotatable bonds is 5. The molecule has 1 aliphatic rings. The molecular weight excluding hydrogens is 292 g/mol. The van der Waals surface area contributed by atoms with Gasteiger partial charge in [-0.25, -0.2) is 0 Å². The number of amides is 2. The van der Waals surface area contributed by atoms with Crippen molar-refractivity contribution in [2.24, 2.45) is 0 Å². The standard InChI is InChI=1S/C18H20N2O3/c1-2-15-8-9-16(23-15)18(22)19-14-10-17(21)20(12-14)11-13-6-4-3-5-7-13/h3-9,14H,2,10-12H2,1H3,(H,19,22)/t14-/m0/s1. The number of benzene rings is 1. The summed E-state index contributed by atoms with van der Waals surface area (Å²) in [6.07, 6.45) is 1.08. The Balaban J connectivity index is 1.58. The van der Waals surface area contributed by atoms with E-state index in [9.17, 15) is 9.59 Å². The van der Waals surface area contributed by atoms with E-state index in [1.54, 1.807) is 17.0 Å². The smallest absolute Gasteiger partial charge is 0.287 e. The van der Waals surface area contributed by atoms with Crippen LogP contribution < -0.4 is 5.32 Å². The van der Waals surface area contributed by atoms with Crippen LogP contribution in [0.5, 0.6) is 0 Å². The summed E-state index contributed by atoms with van der Waals surface area (Å²) in [5.41, 5.74) is 1.09. The van der Waals surface area contributed by atoms with Crippen LogP contribution in [0.4, 0.5) is 0 Å². The zero-order valence-electron chi connectivity index (χ0n) is 13.1. The molecular formula is C18H20N2O3. The van der Waals surface area contributed by atoms with Gasteiger partial charge in [0.1, 0.15) is 5.76 Å². The third-order valence-corrected chi connectivity index (χ3v) is 4.00. The lowest BCUT2D eigenvalue weighted by atomic mass is 10.2. The number of furan rings is 1. The highest BCUT2D eigenvalue weighted by Gasteiger charge is 2.31. The van der Waals surface area contributed by atoms with Gasteiger partial charge in [-0.3, -0.25) is 9.59 Å².